The lowest BCUT2D eigenvalue weighted by atomic mass is 9.96. The largest absolute Gasteiger partial charge is 0.458 e. The molecule has 0 unspecified atom stereocenters. The first kappa shape index (κ1) is 22.3. The lowest BCUT2D eigenvalue weighted by Gasteiger charge is -2.24. The number of hydrogen-bond acceptors (Lipinski definition) is 5. The molecular formula is C24H18Cl2N2O3S. The highest BCUT2D eigenvalue weighted by Crippen LogP contribution is 2.30. The van der Waals surface area contributed by atoms with Crippen molar-refractivity contribution in [3.8, 4) is 0 Å². The molecule has 0 bridgehead atoms. The molecule has 0 N–H and O–H groups in total. The van der Waals surface area contributed by atoms with Crippen LogP contribution in [0.2, 0.25) is 10.0 Å². The van der Waals surface area contributed by atoms with Gasteiger partial charge >= 0.3 is 5.97 Å². The standard InChI is InChI=1S/C24H18Cl2N2O3S/c1-3-11-31-23(30)20-14(2)27-24-28(21(20)15-7-5-4-6-8-15)22(29)19(32-24)12-16-9-10-17(25)13-18(16)26/h3-10,12-13,21H,1,11H2,2H3/b19-12+/t21-/m1/s1. The van der Waals surface area contributed by atoms with E-state index in [1.807, 2.05) is 30.3 Å². The number of fused-ring (bicyclic) bond motifs is 1. The van der Waals surface area contributed by atoms with Crippen LogP contribution in [0.15, 0.2) is 82.2 Å². The van der Waals surface area contributed by atoms with Gasteiger partial charge in [-0.25, -0.2) is 9.79 Å². The molecule has 3 aromatic rings. The second-order valence-corrected chi connectivity index (χ2v) is 8.90. The topological polar surface area (TPSA) is 60.7 Å². The van der Waals surface area contributed by atoms with Crippen LogP contribution in [0.25, 0.3) is 6.08 Å². The second kappa shape index (κ2) is 9.28. The number of rotatable bonds is 5. The lowest BCUT2D eigenvalue weighted by Crippen LogP contribution is -2.39. The summed E-state index contributed by atoms with van der Waals surface area (Å²) in [6.07, 6.45) is 3.20. The van der Waals surface area contributed by atoms with Crippen LogP contribution in [0.3, 0.4) is 0 Å². The summed E-state index contributed by atoms with van der Waals surface area (Å²) in [4.78, 5) is 31.5. The number of carbonyl (C=O) groups excluding carboxylic acids is 1. The van der Waals surface area contributed by atoms with Gasteiger partial charge in [0.15, 0.2) is 4.80 Å². The van der Waals surface area contributed by atoms with Gasteiger partial charge in [0, 0.05) is 10.0 Å². The Morgan fingerprint density at radius 2 is 2.00 bits per heavy atom. The number of ether oxygens (including phenoxy) is 1. The minimum absolute atomic E-state index is 0.0661. The third kappa shape index (κ3) is 4.21. The van der Waals surface area contributed by atoms with Gasteiger partial charge in [0.05, 0.1) is 21.8 Å². The Bertz CT molecular complexity index is 1420. The number of aromatic nitrogens is 1. The maximum absolute atomic E-state index is 13.5. The van der Waals surface area contributed by atoms with Gasteiger partial charge in [-0.05, 0) is 36.3 Å². The molecule has 1 aliphatic rings. The lowest BCUT2D eigenvalue weighted by molar-refractivity contribution is -0.138. The fourth-order valence-electron chi connectivity index (χ4n) is 3.51. The normalized spacial score (nSPS) is 15.8. The maximum atomic E-state index is 13.5. The van der Waals surface area contributed by atoms with Crippen molar-refractivity contribution in [3.63, 3.8) is 0 Å². The summed E-state index contributed by atoms with van der Waals surface area (Å²) in [7, 11) is 0. The zero-order valence-electron chi connectivity index (χ0n) is 17.0. The number of hydrogen-bond donors (Lipinski definition) is 0. The van der Waals surface area contributed by atoms with Gasteiger partial charge in [-0.15, -0.1) is 0 Å². The molecule has 1 aromatic heterocycles. The summed E-state index contributed by atoms with van der Waals surface area (Å²) >= 11 is 13.5. The van der Waals surface area contributed by atoms with Crippen molar-refractivity contribution >= 4 is 46.6 Å². The summed E-state index contributed by atoms with van der Waals surface area (Å²) in [6, 6.07) is 13.8. The van der Waals surface area contributed by atoms with Gasteiger partial charge in [0.1, 0.15) is 6.61 Å². The van der Waals surface area contributed by atoms with Gasteiger partial charge < -0.3 is 4.74 Å². The van der Waals surface area contributed by atoms with Crippen molar-refractivity contribution in [1.82, 2.24) is 4.57 Å². The van der Waals surface area contributed by atoms with Gasteiger partial charge in [-0.1, -0.05) is 83.6 Å². The Kier molecular flexibility index (Phi) is 6.46. The summed E-state index contributed by atoms with van der Waals surface area (Å²) in [5, 5.41) is 0.948. The molecule has 2 heterocycles. The molecule has 5 nitrogen and oxygen atoms in total. The Morgan fingerprint density at radius 3 is 2.69 bits per heavy atom. The third-order valence-electron chi connectivity index (χ3n) is 4.94. The molecule has 1 aliphatic heterocycles. The molecule has 0 saturated carbocycles. The van der Waals surface area contributed by atoms with E-state index < -0.39 is 12.0 Å². The summed E-state index contributed by atoms with van der Waals surface area (Å²) in [5.74, 6) is -0.532. The summed E-state index contributed by atoms with van der Waals surface area (Å²) in [5.41, 5.74) is 2.00. The van der Waals surface area contributed by atoms with Gasteiger partial charge in [0.2, 0.25) is 0 Å². The molecule has 162 valence electrons. The van der Waals surface area contributed by atoms with Crippen LogP contribution in [0, 0.1) is 0 Å². The average molecular weight is 485 g/mol. The first-order valence-electron chi connectivity index (χ1n) is 9.71. The molecule has 0 spiro atoms. The van der Waals surface area contributed by atoms with E-state index in [0.29, 0.717) is 36.2 Å². The fraction of sp³-hybridized carbons (Fsp3) is 0.125. The van der Waals surface area contributed by atoms with E-state index in [-0.39, 0.29) is 12.2 Å². The van der Waals surface area contributed by atoms with Crippen molar-refractivity contribution in [2.75, 3.05) is 6.61 Å². The first-order chi connectivity index (χ1) is 15.4. The van der Waals surface area contributed by atoms with Crippen molar-refractivity contribution in [1.29, 1.82) is 0 Å². The highest BCUT2D eigenvalue weighted by molar-refractivity contribution is 7.07. The van der Waals surface area contributed by atoms with Crippen molar-refractivity contribution in [2.45, 2.75) is 13.0 Å². The minimum Gasteiger partial charge on any atom is -0.458 e. The average Bonchev–Trinajstić information content (AvgIpc) is 3.08. The van der Waals surface area contributed by atoms with Crippen LogP contribution in [0.5, 0.6) is 0 Å². The number of nitrogens with zero attached hydrogens (tertiary/aromatic N) is 2. The molecule has 0 aliphatic carbocycles. The van der Waals surface area contributed by atoms with E-state index in [1.165, 1.54) is 22.0 Å². The number of benzene rings is 2. The van der Waals surface area contributed by atoms with Crippen LogP contribution in [0.4, 0.5) is 0 Å². The highest BCUT2D eigenvalue weighted by Gasteiger charge is 2.33. The van der Waals surface area contributed by atoms with Crippen LogP contribution in [-0.2, 0) is 9.53 Å². The van der Waals surface area contributed by atoms with Crippen LogP contribution in [-0.4, -0.2) is 17.1 Å². The zero-order chi connectivity index (χ0) is 22.8. The van der Waals surface area contributed by atoms with Crippen molar-refractivity contribution < 1.29 is 9.53 Å². The molecule has 8 heteroatoms. The molecule has 0 amide bonds. The Morgan fingerprint density at radius 1 is 1.25 bits per heavy atom. The molecule has 0 radical (unpaired) electrons. The van der Waals surface area contributed by atoms with E-state index in [4.69, 9.17) is 27.9 Å². The third-order valence-corrected chi connectivity index (χ3v) is 6.48. The molecule has 0 saturated heterocycles. The number of allylic oxidation sites excluding steroid dienone is 1. The Balaban J connectivity index is 1.94. The number of carbonyl (C=O) groups is 1. The molecular weight excluding hydrogens is 467 g/mol. The van der Waals surface area contributed by atoms with Gasteiger partial charge in [-0.3, -0.25) is 9.36 Å². The van der Waals surface area contributed by atoms with E-state index in [2.05, 4.69) is 11.6 Å². The Labute approximate surface area is 198 Å². The van der Waals surface area contributed by atoms with Crippen LogP contribution >= 0.6 is 34.5 Å². The minimum atomic E-state index is -0.660. The number of thiazole rings is 1. The zero-order valence-corrected chi connectivity index (χ0v) is 19.4. The van der Waals surface area contributed by atoms with Crippen LogP contribution < -0.4 is 14.9 Å². The molecule has 1 atom stereocenters. The van der Waals surface area contributed by atoms with E-state index in [1.54, 1.807) is 31.2 Å². The maximum Gasteiger partial charge on any atom is 0.338 e. The molecule has 32 heavy (non-hydrogen) atoms. The molecule has 4 rings (SSSR count). The summed E-state index contributed by atoms with van der Waals surface area (Å²) < 4.78 is 7.29. The monoisotopic (exact) mass is 484 g/mol. The molecule has 0 fully saturated rings. The predicted octanol–water partition coefficient (Wildman–Crippen LogP) is 4.27. The second-order valence-electron chi connectivity index (χ2n) is 7.05. The van der Waals surface area contributed by atoms with E-state index in [0.717, 1.165) is 5.56 Å². The highest BCUT2D eigenvalue weighted by atomic mass is 35.5. The Hall–Kier alpha value is -2.93. The van der Waals surface area contributed by atoms with Crippen molar-refractivity contribution in [2.24, 2.45) is 4.99 Å². The van der Waals surface area contributed by atoms with Crippen molar-refractivity contribution in [3.05, 3.63) is 113 Å². The van der Waals surface area contributed by atoms with Gasteiger partial charge in [-0.2, -0.15) is 0 Å². The van der Waals surface area contributed by atoms with Crippen LogP contribution in [0.1, 0.15) is 24.1 Å². The fourth-order valence-corrected chi connectivity index (χ4v) is 5.01. The number of halogens is 2. The smallest absolute Gasteiger partial charge is 0.338 e. The van der Waals surface area contributed by atoms with E-state index >= 15 is 0 Å². The van der Waals surface area contributed by atoms with E-state index in [9.17, 15) is 9.59 Å². The SMILES string of the molecule is C=CCOC(=O)C1=C(C)N=c2s/c(=C/c3ccc(Cl)cc3Cl)c(=O)n2[C@@H]1c1ccccc1. The summed E-state index contributed by atoms with van der Waals surface area (Å²) in [6.45, 7) is 5.40. The quantitative estimate of drug-likeness (QED) is 0.401. The van der Waals surface area contributed by atoms with Gasteiger partial charge in [0.25, 0.3) is 5.56 Å². The first-order valence-corrected chi connectivity index (χ1v) is 11.3. The number of esters is 1. The molecule has 2 aromatic carbocycles. The predicted molar refractivity (Wildman–Crippen MR) is 128 cm³/mol.